The van der Waals surface area contributed by atoms with Crippen molar-refractivity contribution in [3.63, 3.8) is 0 Å². The van der Waals surface area contributed by atoms with Crippen LogP contribution in [-0.2, 0) is 0 Å². The molecule has 3 rings (SSSR count). The van der Waals surface area contributed by atoms with Gasteiger partial charge in [0.15, 0.2) is 0 Å². The predicted octanol–water partition coefficient (Wildman–Crippen LogP) is 3.63. The molecule has 0 saturated carbocycles. The zero-order valence-electron chi connectivity index (χ0n) is 12.4. The van der Waals surface area contributed by atoms with E-state index >= 15 is 0 Å². The molecule has 1 heterocycles. The van der Waals surface area contributed by atoms with Gasteiger partial charge >= 0.3 is 6.03 Å². The van der Waals surface area contributed by atoms with E-state index in [-0.39, 0.29) is 6.03 Å². The number of hydrogen-bond donors (Lipinski definition) is 2. The molecule has 23 heavy (non-hydrogen) atoms. The van der Waals surface area contributed by atoms with Crippen molar-refractivity contribution in [3.05, 3.63) is 60.9 Å². The Morgan fingerprint density at radius 3 is 2.39 bits per heavy atom. The highest BCUT2D eigenvalue weighted by Gasteiger charge is 2.04. The van der Waals surface area contributed by atoms with E-state index in [9.17, 15) is 4.79 Å². The average molecular weight is 325 g/mol. The first-order valence-corrected chi connectivity index (χ1v) is 8.16. The molecule has 3 aromatic rings. The molecule has 0 aliphatic heterocycles. The zero-order chi connectivity index (χ0) is 16.1. The summed E-state index contributed by atoms with van der Waals surface area (Å²) in [4.78, 5) is 14.6. The summed E-state index contributed by atoms with van der Waals surface area (Å²) < 4.78 is 0. The maximum absolute atomic E-state index is 12.0. The van der Waals surface area contributed by atoms with Crippen LogP contribution in [-0.4, -0.2) is 27.3 Å². The molecule has 0 aliphatic rings. The van der Waals surface area contributed by atoms with Crippen LogP contribution >= 0.6 is 11.8 Å². The van der Waals surface area contributed by atoms with Crippen molar-refractivity contribution in [2.45, 2.75) is 4.90 Å². The van der Waals surface area contributed by atoms with Gasteiger partial charge in [-0.15, -0.1) is 11.8 Å². The Kier molecular flexibility index (Phi) is 4.58. The summed E-state index contributed by atoms with van der Waals surface area (Å²) >= 11 is 1.63. The molecular formula is C16H15N5OS. The molecule has 0 bridgehead atoms. The van der Waals surface area contributed by atoms with Gasteiger partial charge in [0.1, 0.15) is 0 Å². The fourth-order valence-corrected chi connectivity index (χ4v) is 2.48. The lowest BCUT2D eigenvalue weighted by Crippen LogP contribution is -2.19. The number of nitrogens with one attached hydrogen (secondary N) is 2. The number of anilines is 2. The van der Waals surface area contributed by atoms with Crippen LogP contribution in [0.1, 0.15) is 0 Å². The van der Waals surface area contributed by atoms with Gasteiger partial charge in [-0.3, -0.25) is 0 Å². The number of nitrogens with zero attached hydrogens (tertiary/aromatic N) is 3. The lowest BCUT2D eigenvalue weighted by Gasteiger charge is -2.09. The monoisotopic (exact) mass is 325 g/mol. The molecule has 0 aliphatic carbocycles. The summed E-state index contributed by atoms with van der Waals surface area (Å²) in [5.74, 6) is 0. The van der Waals surface area contributed by atoms with E-state index in [0.29, 0.717) is 5.69 Å². The van der Waals surface area contributed by atoms with Crippen LogP contribution in [0.5, 0.6) is 0 Å². The highest BCUT2D eigenvalue weighted by Crippen LogP contribution is 2.19. The number of carbonyl (C=O) groups is 1. The summed E-state index contributed by atoms with van der Waals surface area (Å²) in [5, 5.41) is 13.7. The molecule has 0 atom stereocenters. The smallest absolute Gasteiger partial charge is 0.308 e. The molecule has 0 radical (unpaired) electrons. The SMILES string of the molecule is CSc1cccc(NC(=O)Nc2ccc(-n3nccn3)cc2)c1. The van der Waals surface area contributed by atoms with E-state index < -0.39 is 0 Å². The first kappa shape index (κ1) is 15.1. The second-order valence-electron chi connectivity index (χ2n) is 4.68. The number of amides is 2. The molecule has 2 amide bonds. The highest BCUT2D eigenvalue weighted by molar-refractivity contribution is 7.98. The average Bonchev–Trinajstić information content (AvgIpc) is 3.10. The minimum Gasteiger partial charge on any atom is -0.308 e. The van der Waals surface area contributed by atoms with Crippen LogP contribution < -0.4 is 10.6 Å². The minimum atomic E-state index is -0.284. The quantitative estimate of drug-likeness (QED) is 0.719. The Labute approximate surface area is 137 Å². The summed E-state index contributed by atoms with van der Waals surface area (Å²) in [6.45, 7) is 0. The lowest BCUT2D eigenvalue weighted by molar-refractivity contribution is 0.262. The van der Waals surface area contributed by atoms with Gasteiger partial charge in [-0.25, -0.2) is 4.79 Å². The van der Waals surface area contributed by atoms with Crippen LogP contribution in [0.3, 0.4) is 0 Å². The first-order valence-electron chi connectivity index (χ1n) is 6.93. The van der Waals surface area contributed by atoms with Gasteiger partial charge < -0.3 is 10.6 Å². The van der Waals surface area contributed by atoms with Crippen LogP contribution in [0.4, 0.5) is 16.2 Å². The van der Waals surface area contributed by atoms with E-state index in [4.69, 9.17) is 0 Å². The van der Waals surface area contributed by atoms with Crippen LogP contribution in [0, 0.1) is 0 Å². The van der Waals surface area contributed by atoms with E-state index in [1.165, 1.54) is 4.80 Å². The molecule has 1 aromatic heterocycles. The molecule has 0 spiro atoms. The Morgan fingerprint density at radius 2 is 1.70 bits per heavy atom. The van der Waals surface area contributed by atoms with E-state index in [1.54, 1.807) is 36.3 Å². The van der Waals surface area contributed by atoms with Crippen molar-refractivity contribution >= 4 is 29.2 Å². The number of hydrogen-bond acceptors (Lipinski definition) is 4. The van der Waals surface area contributed by atoms with Crippen molar-refractivity contribution < 1.29 is 4.79 Å². The van der Waals surface area contributed by atoms with Gasteiger partial charge in [0.2, 0.25) is 0 Å². The van der Waals surface area contributed by atoms with E-state index in [1.807, 2.05) is 42.7 Å². The summed E-state index contributed by atoms with van der Waals surface area (Å²) in [6, 6.07) is 14.7. The number of benzene rings is 2. The van der Waals surface area contributed by atoms with Crippen molar-refractivity contribution in [3.8, 4) is 5.69 Å². The fourth-order valence-electron chi connectivity index (χ4n) is 2.02. The van der Waals surface area contributed by atoms with Gasteiger partial charge in [-0.1, -0.05) is 6.07 Å². The maximum Gasteiger partial charge on any atom is 0.323 e. The molecule has 6 nitrogen and oxygen atoms in total. The van der Waals surface area contributed by atoms with Crippen LogP contribution in [0.2, 0.25) is 0 Å². The van der Waals surface area contributed by atoms with Crippen molar-refractivity contribution in [2.24, 2.45) is 0 Å². The van der Waals surface area contributed by atoms with Gasteiger partial charge in [-0.05, 0) is 48.7 Å². The Bertz CT molecular complexity index is 786. The van der Waals surface area contributed by atoms with E-state index in [0.717, 1.165) is 16.3 Å². The largest absolute Gasteiger partial charge is 0.323 e. The van der Waals surface area contributed by atoms with Crippen molar-refractivity contribution in [1.82, 2.24) is 15.0 Å². The first-order chi connectivity index (χ1) is 11.2. The standard InChI is InChI=1S/C16H15N5OS/c1-23-15-4-2-3-13(11-15)20-16(22)19-12-5-7-14(8-6-12)21-17-9-10-18-21/h2-11H,1H3,(H2,19,20,22). The maximum atomic E-state index is 12.0. The number of aromatic nitrogens is 3. The molecule has 0 fully saturated rings. The summed E-state index contributed by atoms with van der Waals surface area (Å²) in [7, 11) is 0. The van der Waals surface area contributed by atoms with Gasteiger partial charge in [-0.2, -0.15) is 15.0 Å². The lowest BCUT2D eigenvalue weighted by atomic mass is 10.3. The van der Waals surface area contributed by atoms with E-state index in [2.05, 4.69) is 20.8 Å². The highest BCUT2D eigenvalue weighted by atomic mass is 32.2. The summed E-state index contributed by atoms with van der Waals surface area (Å²) in [6.07, 6.45) is 5.22. The third kappa shape index (κ3) is 3.89. The number of thioether (sulfide) groups is 1. The Balaban J connectivity index is 1.63. The van der Waals surface area contributed by atoms with Crippen molar-refractivity contribution in [1.29, 1.82) is 0 Å². The number of urea groups is 1. The fraction of sp³-hybridized carbons (Fsp3) is 0.0625. The number of rotatable bonds is 4. The second-order valence-corrected chi connectivity index (χ2v) is 5.56. The zero-order valence-corrected chi connectivity index (χ0v) is 13.2. The second kappa shape index (κ2) is 6.97. The third-order valence-electron chi connectivity index (χ3n) is 3.10. The molecule has 7 heteroatoms. The Hall–Kier alpha value is -2.80. The van der Waals surface area contributed by atoms with Gasteiger partial charge in [0.05, 0.1) is 18.1 Å². The van der Waals surface area contributed by atoms with Crippen molar-refractivity contribution in [2.75, 3.05) is 16.9 Å². The molecule has 2 N–H and O–H groups in total. The third-order valence-corrected chi connectivity index (χ3v) is 3.83. The normalized spacial score (nSPS) is 10.3. The molecule has 2 aromatic carbocycles. The molecule has 116 valence electrons. The predicted molar refractivity (Wildman–Crippen MR) is 92.2 cm³/mol. The molecular weight excluding hydrogens is 310 g/mol. The Morgan fingerprint density at radius 1 is 1.00 bits per heavy atom. The van der Waals surface area contributed by atoms with Gasteiger partial charge in [0, 0.05) is 16.3 Å². The number of carbonyl (C=O) groups excluding carboxylic acids is 1. The molecule has 0 unspecified atom stereocenters. The minimum absolute atomic E-state index is 0.284. The van der Waals surface area contributed by atoms with Crippen LogP contribution in [0.15, 0.2) is 65.8 Å². The summed E-state index contributed by atoms with van der Waals surface area (Å²) in [5.41, 5.74) is 2.28. The van der Waals surface area contributed by atoms with Gasteiger partial charge in [0.25, 0.3) is 0 Å². The topological polar surface area (TPSA) is 71.8 Å². The van der Waals surface area contributed by atoms with Crippen LogP contribution in [0.25, 0.3) is 5.69 Å². The molecule has 0 saturated heterocycles.